The number of hydrogen-bond acceptors (Lipinski definition) is 5. The number of nitrogens with one attached hydrogen (secondary N) is 1. The van der Waals surface area contributed by atoms with Crippen LogP contribution in [0.25, 0.3) is 16.5 Å². The molecule has 4 aromatic rings. The molecule has 3 aromatic carbocycles. The fraction of sp³-hybridized carbons (Fsp3) is 0.250. The number of piperazine rings is 1. The van der Waals surface area contributed by atoms with Crippen LogP contribution in [-0.2, 0) is 13.1 Å². The zero-order valence-electron chi connectivity index (χ0n) is 17.8. The van der Waals surface area contributed by atoms with Crippen molar-refractivity contribution < 1.29 is 4.79 Å². The third kappa shape index (κ3) is 4.31. The van der Waals surface area contributed by atoms with Gasteiger partial charge in [0.25, 0.3) is 0 Å². The SMILES string of the molecule is O=C(NCc1cccc2ccccc12)N1CCN(Cc2nnnn2-c2ccccc2)CC1. The zero-order chi connectivity index (χ0) is 21.8. The highest BCUT2D eigenvalue weighted by Gasteiger charge is 2.22. The van der Waals surface area contributed by atoms with Gasteiger partial charge in [-0.05, 0) is 38.9 Å². The van der Waals surface area contributed by atoms with Crippen molar-refractivity contribution >= 4 is 16.8 Å². The molecule has 0 radical (unpaired) electrons. The molecule has 1 fully saturated rings. The molecule has 1 aromatic heterocycles. The lowest BCUT2D eigenvalue weighted by molar-refractivity contribution is 0.133. The highest BCUT2D eigenvalue weighted by atomic mass is 16.2. The molecular weight excluding hydrogens is 402 g/mol. The molecule has 1 saturated heterocycles. The second-order valence-corrected chi connectivity index (χ2v) is 7.90. The standard InChI is InChI=1S/C24H25N7O/c32-24(25-17-20-9-6-8-19-7-4-5-12-22(19)20)30-15-13-29(14-16-30)18-23-26-27-28-31(23)21-10-2-1-3-11-21/h1-12H,13-18H2,(H,25,32). The minimum absolute atomic E-state index is 0.0216. The van der Waals surface area contributed by atoms with Crippen LogP contribution < -0.4 is 5.32 Å². The molecule has 0 unspecified atom stereocenters. The van der Waals surface area contributed by atoms with Gasteiger partial charge in [-0.3, -0.25) is 4.90 Å². The number of aromatic nitrogens is 4. The van der Waals surface area contributed by atoms with Crippen LogP contribution in [0, 0.1) is 0 Å². The molecule has 8 nitrogen and oxygen atoms in total. The summed E-state index contributed by atoms with van der Waals surface area (Å²) in [5.74, 6) is 0.796. The molecule has 8 heteroatoms. The predicted octanol–water partition coefficient (Wildman–Crippen LogP) is 2.84. The molecule has 2 heterocycles. The predicted molar refractivity (Wildman–Crippen MR) is 122 cm³/mol. The smallest absolute Gasteiger partial charge is 0.317 e. The number of rotatable bonds is 5. The van der Waals surface area contributed by atoms with Gasteiger partial charge in [0.15, 0.2) is 5.82 Å². The van der Waals surface area contributed by atoms with Crippen molar-refractivity contribution in [2.75, 3.05) is 26.2 Å². The molecule has 5 rings (SSSR count). The van der Waals surface area contributed by atoms with Crippen LogP contribution in [0.1, 0.15) is 11.4 Å². The van der Waals surface area contributed by atoms with E-state index in [0.717, 1.165) is 30.2 Å². The number of benzene rings is 3. The molecule has 32 heavy (non-hydrogen) atoms. The Balaban J connectivity index is 1.15. The summed E-state index contributed by atoms with van der Waals surface area (Å²) in [7, 11) is 0. The summed E-state index contributed by atoms with van der Waals surface area (Å²) >= 11 is 0. The van der Waals surface area contributed by atoms with Crippen molar-refractivity contribution in [1.29, 1.82) is 0 Å². The first-order valence-corrected chi connectivity index (χ1v) is 10.8. The Morgan fingerprint density at radius 1 is 0.875 bits per heavy atom. The Bertz CT molecular complexity index is 1190. The molecule has 0 spiro atoms. The summed E-state index contributed by atoms with van der Waals surface area (Å²) in [6, 6.07) is 24.3. The lowest BCUT2D eigenvalue weighted by Crippen LogP contribution is -2.51. The van der Waals surface area contributed by atoms with Gasteiger partial charge in [0, 0.05) is 32.7 Å². The van der Waals surface area contributed by atoms with Crippen LogP contribution in [0.5, 0.6) is 0 Å². The largest absolute Gasteiger partial charge is 0.334 e. The Labute approximate surface area is 186 Å². The van der Waals surface area contributed by atoms with E-state index in [-0.39, 0.29) is 6.03 Å². The van der Waals surface area contributed by atoms with Gasteiger partial charge in [0.2, 0.25) is 0 Å². The average Bonchev–Trinajstić information content (AvgIpc) is 3.31. The highest BCUT2D eigenvalue weighted by Crippen LogP contribution is 2.18. The average molecular weight is 428 g/mol. The fourth-order valence-corrected chi connectivity index (χ4v) is 4.11. The molecule has 1 N–H and O–H groups in total. The number of urea groups is 1. The number of tetrazole rings is 1. The quantitative estimate of drug-likeness (QED) is 0.530. The number of para-hydroxylation sites is 1. The van der Waals surface area contributed by atoms with E-state index < -0.39 is 0 Å². The maximum atomic E-state index is 12.7. The van der Waals surface area contributed by atoms with Crippen LogP contribution in [0.3, 0.4) is 0 Å². The van der Waals surface area contributed by atoms with Gasteiger partial charge in [-0.2, -0.15) is 4.68 Å². The lowest BCUT2D eigenvalue weighted by Gasteiger charge is -2.34. The number of hydrogen-bond donors (Lipinski definition) is 1. The summed E-state index contributed by atoms with van der Waals surface area (Å²) in [6.07, 6.45) is 0. The van der Waals surface area contributed by atoms with Crippen molar-refractivity contribution in [3.63, 3.8) is 0 Å². The van der Waals surface area contributed by atoms with Crippen molar-refractivity contribution in [3.8, 4) is 5.69 Å². The first-order chi connectivity index (χ1) is 15.8. The summed E-state index contributed by atoms with van der Waals surface area (Å²) in [6.45, 7) is 4.08. The molecule has 0 saturated carbocycles. The van der Waals surface area contributed by atoms with Crippen LogP contribution in [-0.4, -0.2) is 62.2 Å². The highest BCUT2D eigenvalue weighted by molar-refractivity contribution is 5.86. The maximum absolute atomic E-state index is 12.7. The molecule has 1 aliphatic rings. The summed E-state index contributed by atoms with van der Waals surface area (Å²) in [5.41, 5.74) is 2.07. The lowest BCUT2D eigenvalue weighted by atomic mass is 10.0. The van der Waals surface area contributed by atoms with Gasteiger partial charge in [-0.1, -0.05) is 60.7 Å². The number of carbonyl (C=O) groups is 1. The van der Waals surface area contributed by atoms with Crippen LogP contribution in [0.2, 0.25) is 0 Å². The minimum Gasteiger partial charge on any atom is -0.334 e. The molecule has 0 bridgehead atoms. The van der Waals surface area contributed by atoms with E-state index in [9.17, 15) is 4.79 Å². The monoisotopic (exact) mass is 427 g/mol. The van der Waals surface area contributed by atoms with Crippen molar-refractivity contribution in [1.82, 2.24) is 35.3 Å². The van der Waals surface area contributed by atoms with Gasteiger partial charge in [-0.15, -0.1) is 5.10 Å². The van der Waals surface area contributed by atoms with E-state index in [2.05, 4.69) is 50.0 Å². The second kappa shape index (κ2) is 9.15. The van der Waals surface area contributed by atoms with Gasteiger partial charge >= 0.3 is 6.03 Å². The normalized spacial score (nSPS) is 14.6. The Hall–Kier alpha value is -3.78. The molecular formula is C24H25N7O. The molecule has 2 amide bonds. The number of fused-ring (bicyclic) bond motifs is 1. The Kier molecular flexibility index (Phi) is 5.76. The minimum atomic E-state index is -0.0216. The Morgan fingerprint density at radius 3 is 2.47 bits per heavy atom. The number of amides is 2. The van der Waals surface area contributed by atoms with Crippen molar-refractivity contribution in [2.45, 2.75) is 13.1 Å². The van der Waals surface area contributed by atoms with Crippen LogP contribution >= 0.6 is 0 Å². The van der Waals surface area contributed by atoms with Gasteiger partial charge < -0.3 is 10.2 Å². The first kappa shape index (κ1) is 20.1. The van der Waals surface area contributed by atoms with Gasteiger partial charge in [0.1, 0.15) is 0 Å². The molecule has 1 aliphatic heterocycles. The van der Waals surface area contributed by atoms with Crippen molar-refractivity contribution in [3.05, 3.63) is 84.2 Å². The van der Waals surface area contributed by atoms with Crippen LogP contribution in [0.15, 0.2) is 72.8 Å². The summed E-state index contributed by atoms with van der Waals surface area (Å²) < 4.78 is 1.77. The maximum Gasteiger partial charge on any atom is 0.317 e. The third-order valence-electron chi connectivity index (χ3n) is 5.87. The molecule has 0 aliphatic carbocycles. The number of carbonyl (C=O) groups excluding carboxylic acids is 1. The first-order valence-electron chi connectivity index (χ1n) is 10.8. The Morgan fingerprint density at radius 2 is 1.62 bits per heavy atom. The van der Waals surface area contributed by atoms with Crippen LogP contribution in [0.4, 0.5) is 4.79 Å². The van der Waals surface area contributed by atoms with Gasteiger partial charge in [0.05, 0.1) is 12.2 Å². The summed E-state index contributed by atoms with van der Waals surface area (Å²) in [4.78, 5) is 16.9. The van der Waals surface area contributed by atoms with E-state index >= 15 is 0 Å². The van der Waals surface area contributed by atoms with E-state index in [0.29, 0.717) is 26.2 Å². The van der Waals surface area contributed by atoms with E-state index in [4.69, 9.17) is 0 Å². The zero-order valence-corrected chi connectivity index (χ0v) is 17.8. The van der Waals surface area contributed by atoms with E-state index in [1.807, 2.05) is 53.4 Å². The van der Waals surface area contributed by atoms with E-state index in [1.54, 1.807) is 4.68 Å². The topological polar surface area (TPSA) is 79.2 Å². The number of nitrogens with zero attached hydrogens (tertiary/aromatic N) is 6. The second-order valence-electron chi connectivity index (χ2n) is 7.90. The van der Waals surface area contributed by atoms with Gasteiger partial charge in [-0.25, -0.2) is 4.79 Å². The van der Waals surface area contributed by atoms with E-state index in [1.165, 1.54) is 10.8 Å². The summed E-state index contributed by atoms with van der Waals surface area (Å²) in [5, 5.41) is 17.6. The fourth-order valence-electron chi connectivity index (χ4n) is 4.11. The third-order valence-corrected chi connectivity index (χ3v) is 5.87. The molecule has 0 atom stereocenters. The molecule has 162 valence electrons. The van der Waals surface area contributed by atoms with Crippen molar-refractivity contribution in [2.24, 2.45) is 0 Å².